The summed E-state index contributed by atoms with van der Waals surface area (Å²) in [5, 5.41) is 16.0. The highest BCUT2D eigenvalue weighted by atomic mass is 32.2. The Bertz CT molecular complexity index is 944. The number of aromatic nitrogens is 2. The number of nitrogens with one attached hydrogen (secondary N) is 2. The maximum absolute atomic E-state index is 14.6. The van der Waals surface area contributed by atoms with E-state index in [4.69, 9.17) is 0 Å². The minimum atomic E-state index is -4.24. The number of halogens is 1. The number of aromatic hydroxyl groups is 1. The molecule has 3 N–H and O–H groups in total. The lowest BCUT2D eigenvalue weighted by atomic mass is 10.1. The maximum atomic E-state index is 14.6. The fraction of sp³-hybridized carbons (Fsp3) is 0.0769. The molecule has 0 atom stereocenters. The van der Waals surface area contributed by atoms with Crippen LogP contribution in [-0.2, 0) is 15.0 Å². The van der Waals surface area contributed by atoms with Crippen molar-refractivity contribution in [2.24, 2.45) is 0 Å². The van der Waals surface area contributed by atoms with Crippen LogP contribution < -0.4 is 9.03 Å². The largest absolute Gasteiger partial charge is 0.506 e. The van der Waals surface area contributed by atoms with Gasteiger partial charge < -0.3 is 5.11 Å². The van der Waals surface area contributed by atoms with Crippen LogP contribution in [0, 0.1) is 17.7 Å². The molecule has 0 spiro atoms. The summed E-state index contributed by atoms with van der Waals surface area (Å²) >= 11 is 0. The second-order valence-corrected chi connectivity index (χ2v) is 6.16. The van der Waals surface area contributed by atoms with Crippen molar-refractivity contribution in [2.45, 2.75) is 0 Å². The maximum Gasteiger partial charge on any atom is 0.326 e. The van der Waals surface area contributed by atoms with Gasteiger partial charge in [0.15, 0.2) is 5.82 Å². The van der Waals surface area contributed by atoms with E-state index in [9.17, 15) is 22.7 Å². The SMILES string of the molecule is O=C1CN(c2c(O)ccc(C#Cc3cn[nH]c3)c2F)S(=O)(=O)N1. The van der Waals surface area contributed by atoms with Gasteiger partial charge in [0.2, 0.25) is 0 Å². The lowest BCUT2D eigenvalue weighted by Crippen LogP contribution is -2.30. The van der Waals surface area contributed by atoms with Gasteiger partial charge in [0.1, 0.15) is 18.0 Å². The van der Waals surface area contributed by atoms with Crippen LogP contribution >= 0.6 is 0 Å². The van der Waals surface area contributed by atoms with Gasteiger partial charge in [-0.1, -0.05) is 11.8 Å². The molecule has 2 heterocycles. The molecule has 23 heavy (non-hydrogen) atoms. The Labute approximate surface area is 130 Å². The molecule has 0 aliphatic carbocycles. The molecule has 0 saturated carbocycles. The summed E-state index contributed by atoms with van der Waals surface area (Å²) in [6, 6.07) is 2.31. The van der Waals surface area contributed by atoms with Crippen molar-refractivity contribution in [3.05, 3.63) is 41.5 Å². The molecule has 1 aromatic heterocycles. The molecule has 118 valence electrons. The minimum absolute atomic E-state index is 0.131. The van der Waals surface area contributed by atoms with E-state index in [0.29, 0.717) is 9.87 Å². The van der Waals surface area contributed by atoms with Crippen LogP contribution in [0.3, 0.4) is 0 Å². The van der Waals surface area contributed by atoms with Gasteiger partial charge in [-0.2, -0.15) is 13.5 Å². The molecule has 1 aliphatic rings. The quantitative estimate of drug-likeness (QED) is 0.626. The van der Waals surface area contributed by atoms with E-state index in [2.05, 4.69) is 22.0 Å². The average Bonchev–Trinajstić information content (AvgIpc) is 3.06. The van der Waals surface area contributed by atoms with Gasteiger partial charge >= 0.3 is 10.2 Å². The number of hydrogen-bond donors (Lipinski definition) is 3. The summed E-state index contributed by atoms with van der Waals surface area (Å²) in [6.07, 6.45) is 2.93. The van der Waals surface area contributed by atoms with E-state index in [0.717, 1.165) is 6.07 Å². The molecule has 1 amide bonds. The van der Waals surface area contributed by atoms with Crippen LogP contribution in [0.15, 0.2) is 24.5 Å². The smallest absolute Gasteiger partial charge is 0.326 e. The standard InChI is InChI=1S/C13H9FN4O4S/c14-12-9(2-1-8-5-15-16-6-8)3-4-10(19)13(12)18-7-11(20)17-23(18,21)22/h3-6,19H,7H2,(H,15,16)(H,17,20). The highest BCUT2D eigenvalue weighted by molar-refractivity contribution is 7.92. The van der Waals surface area contributed by atoms with Crippen LogP contribution in [0.2, 0.25) is 0 Å². The molecular weight excluding hydrogens is 327 g/mol. The first-order valence-corrected chi connectivity index (χ1v) is 7.68. The third-order valence-corrected chi connectivity index (χ3v) is 4.38. The lowest BCUT2D eigenvalue weighted by molar-refractivity contribution is -0.117. The number of phenols is 1. The van der Waals surface area contributed by atoms with Crippen molar-refractivity contribution < 1.29 is 22.7 Å². The summed E-state index contributed by atoms with van der Waals surface area (Å²) in [5.74, 6) is 2.68. The van der Waals surface area contributed by atoms with Crippen molar-refractivity contribution in [3.63, 3.8) is 0 Å². The number of H-pyrrole nitrogens is 1. The highest BCUT2D eigenvalue weighted by Gasteiger charge is 2.37. The molecule has 10 heteroatoms. The Morgan fingerprint density at radius 1 is 1.35 bits per heavy atom. The molecular formula is C13H9FN4O4S. The van der Waals surface area contributed by atoms with Crippen LogP contribution in [0.1, 0.15) is 11.1 Å². The Morgan fingerprint density at radius 3 is 2.74 bits per heavy atom. The van der Waals surface area contributed by atoms with Gasteiger partial charge in [0.25, 0.3) is 5.91 Å². The van der Waals surface area contributed by atoms with E-state index < -0.39 is 39.9 Å². The van der Waals surface area contributed by atoms with Gasteiger partial charge in [0.05, 0.1) is 17.3 Å². The summed E-state index contributed by atoms with van der Waals surface area (Å²) < 4.78 is 40.3. The monoisotopic (exact) mass is 336 g/mol. The molecule has 1 saturated heterocycles. The van der Waals surface area contributed by atoms with Crippen molar-refractivity contribution in [1.29, 1.82) is 0 Å². The first-order chi connectivity index (χ1) is 10.9. The Balaban J connectivity index is 2.08. The topological polar surface area (TPSA) is 115 Å². The number of carbonyl (C=O) groups excluding carboxylic acids is 1. The molecule has 1 fully saturated rings. The van der Waals surface area contributed by atoms with Crippen molar-refractivity contribution in [2.75, 3.05) is 10.8 Å². The predicted octanol–water partition coefficient (Wildman–Crippen LogP) is -0.165. The second kappa shape index (κ2) is 5.29. The van der Waals surface area contributed by atoms with E-state index in [1.54, 1.807) is 4.72 Å². The molecule has 3 rings (SSSR count). The molecule has 8 nitrogen and oxygen atoms in total. The van der Waals surface area contributed by atoms with Crippen LogP contribution in [0.25, 0.3) is 0 Å². The van der Waals surface area contributed by atoms with Gasteiger partial charge in [-0.25, -0.2) is 13.4 Å². The van der Waals surface area contributed by atoms with Crippen molar-refractivity contribution in [3.8, 4) is 17.6 Å². The van der Waals surface area contributed by atoms with E-state index in [1.165, 1.54) is 18.5 Å². The second-order valence-electron chi connectivity index (χ2n) is 4.57. The summed E-state index contributed by atoms with van der Waals surface area (Å²) in [6.45, 7) is -0.620. The lowest BCUT2D eigenvalue weighted by Gasteiger charge is -2.17. The van der Waals surface area contributed by atoms with E-state index >= 15 is 0 Å². The number of anilines is 1. The van der Waals surface area contributed by atoms with Crippen LogP contribution in [-0.4, -0.2) is 36.2 Å². The number of carbonyl (C=O) groups is 1. The van der Waals surface area contributed by atoms with E-state index in [-0.39, 0.29) is 5.56 Å². The number of benzene rings is 1. The summed E-state index contributed by atoms with van der Waals surface area (Å²) in [5.41, 5.74) is -0.249. The third-order valence-electron chi connectivity index (χ3n) is 3.00. The number of phenolic OH excluding ortho intramolecular Hbond substituents is 1. The van der Waals surface area contributed by atoms with Crippen LogP contribution in [0.5, 0.6) is 5.75 Å². The zero-order chi connectivity index (χ0) is 16.6. The first-order valence-electron chi connectivity index (χ1n) is 6.24. The highest BCUT2D eigenvalue weighted by Crippen LogP contribution is 2.34. The van der Waals surface area contributed by atoms with Gasteiger partial charge in [0, 0.05) is 6.20 Å². The molecule has 1 aliphatic heterocycles. The van der Waals surface area contributed by atoms with E-state index in [1.807, 2.05) is 0 Å². The molecule has 0 unspecified atom stereocenters. The fourth-order valence-electron chi connectivity index (χ4n) is 1.99. The number of nitrogens with zero attached hydrogens (tertiary/aromatic N) is 2. The number of amides is 1. The van der Waals surface area contributed by atoms with Crippen molar-refractivity contribution >= 4 is 21.8 Å². The first kappa shape index (κ1) is 14.9. The third kappa shape index (κ3) is 2.69. The molecule has 2 aromatic rings. The van der Waals surface area contributed by atoms with Gasteiger partial charge in [-0.3, -0.25) is 9.89 Å². The predicted molar refractivity (Wildman–Crippen MR) is 77.0 cm³/mol. The zero-order valence-electron chi connectivity index (χ0n) is 11.4. The Hall–Kier alpha value is -3.06. The molecule has 1 aromatic carbocycles. The normalized spacial score (nSPS) is 15.9. The average molecular weight is 336 g/mol. The summed E-state index contributed by atoms with van der Waals surface area (Å²) in [4.78, 5) is 11.3. The number of hydrogen-bond acceptors (Lipinski definition) is 5. The van der Waals surface area contributed by atoms with Gasteiger partial charge in [-0.05, 0) is 12.1 Å². The van der Waals surface area contributed by atoms with Gasteiger partial charge in [-0.15, -0.1) is 0 Å². The minimum Gasteiger partial charge on any atom is -0.506 e. The molecule has 0 bridgehead atoms. The fourth-order valence-corrected chi connectivity index (χ4v) is 3.16. The van der Waals surface area contributed by atoms with Crippen molar-refractivity contribution in [1.82, 2.24) is 14.9 Å². The summed E-state index contributed by atoms with van der Waals surface area (Å²) in [7, 11) is -4.24. The van der Waals surface area contributed by atoms with Crippen LogP contribution in [0.4, 0.5) is 10.1 Å². The zero-order valence-corrected chi connectivity index (χ0v) is 12.2. The number of aromatic amines is 1. The molecule has 0 radical (unpaired) electrons. The Kier molecular flexibility index (Phi) is 3.42. The number of rotatable bonds is 1. The Morgan fingerprint density at radius 2 is 2.13 bits per heavy atom.